The van der Waals surface area contributed by atoms with Gasteiger partial charge in [-0.25, -0.2) is 0 Å². The molecule has 0 amide bonds. The maximum atomic E-state index is 10.7. The Kier molecular flexibility index (Phi) is 3.81. The third kappa shape index (κ3) is 2.12. The van der Waals surface area contributed by atoms with E-state index in [-0.39, 0.29) is 29.8 Å². The van der Waals surface area contributed by atoms with Gasteiger partial charge in [0, 0.05) is 12.5 Å². The summed E-state index contributed by atoms with van der Waals surface area (Å²) in [5.74, 6) is 2.31. The lowest BCUT2D eigenvalue weighted by Crippen LogP contribution is -2.44. The number of aryl methyl sites for hydroxylation is 1. The van der Waals surface area contributed by atoms with E-state index in [1.54, 1.807) is 7.11 Å². The Morgan fingerprint density at radius 3 is 2.79 bits per heavy atom. The van der Waals surface area contributed by atoms with Gasteiger partial charge in [-0.15, -0.1) is 0 Å². The van der Waals surface area contributed by atoms with Crippen LogP contribution in [0.3, 0.4) is 0 Å². The summed E-state index contributed by atoms with van der Waals surface area (Å²) in [4.78, 5) is 0. The van der Waals surface area contributed by atoms with Crippen molar-refractivity contribution in [2.24, 2.45) is 23.2 Å². The van der Waals surface area contributed by atoms with Crippen molar-refractivity contribution >= 4 is 0 Å². The Morgan fingerprint density at radius 1 is 1.29 bits per heavy atom. The van der Waals surface area contributed by atoms with E-state index in [9.17, 15) is 15.3 Å². The molecule has 4 rings (SSSR count). The number of aliphatic hydroxyl groups is 2. The van der Waals surface area contributed by atoms with Crippen molar-refractivity contribution < 1.29 is 20.1 Å². The van der Waals surface area contributed by atoms with E-state index in [0.29, 0.717) is 23.5 Å². The maximum absolute atomic E-state index is 10.7. The molecule has 4 heteroatoms. The average molecular weight is 332 g/mol. The fourth-order valence-corrected chi connectivity index (χ4v) is 6.08. The quantitative estimate of drug-likeness (QED) is 0.779. The van der Waals surface area contributed by atoms with Crippen molar-refractivity contribution in [2.75, 3.05) is 13.7 Å². The number of aliphatic hydroxyl groups excluding tert-OH is 2. The standard InChI is InChI=1S/C20H28O4/c1-20-6-5-13-14(16(20)7-12(10-21)19(20)23)4-3-11-8-17(22)18(24-2)9-15(11)13/h8-9,12-14,16,19,21-23H,3-7,10H2,1-2H3/t12-,13+,14-,16+,19+,20+/m1/s1. The molecular weight excluding hydrogens is 304 g/mol. The lowest BCUT2D eigenvalue weighted by molar-refractivity contribution is -0.0379. The van der Waals surface area contributed by atoms with Crippen LogP contribution in [0.15, 0.2) is 12.1 Å². The zero-order chi connectivity index (χ0) is 17.1. The van der Waals surface area contributed by atoms with Crippen LogP contribution in [-0.2, 0) is 6.42 Å². The number of aromatic hydroxyl groups is 1. The molecule has 4 nitrogen and oxygen atoms in total. The molecule has 1 aromatic carbocycles. The van der Waals surface area contributed by atoms with Gasteiger partial charge in [-0.2, -0.15) is 0 Å². The van der Waals surface area contributed by atoms with Crippen molar-refractivity contribution in [3.8, 4) is 11.5 Å². The molecule has 1 aromatic rings. The molecule has 24 heavy (non-hydrogen) atoms. The van der Waals surface area contributed by atoms with Gasteiger partial charge in [-0.3, -0.25) is 0 Å². The molecule has 6 atom stereocenters. The first-order valence-electron chi connectivity index (χ1n) is 9.18. The first-order valence-corrected chi connectivity index (χ1v) is 9.18. The molecule has 3 N–H and O–H groups in total. The zero-order valence-corrected chi connectivity index (χ0v) is 14.5. The minimum Gasteiger partial charge on any atom is -0.504 e. The van der Waals surface area contributed by atoms with Crippen LogP contribution in [0.4, 0.5) is 0 Å². The van der Waals surface area contributed by atoms with Crippen molar-refractivity contribution in [1.29, 1.82) is 0 Å². The molecule has 2 fully saturated rings. The van der Waals surface area contributed by atoms with E-state index in [4.69, 9.17) is 4.74 Å². The van der Waals surface area contributed by atoms with Crippen LogP contribution in [0, 0.1) is 23.2 Å². The van der Waals surface area contributed by atoms with Crippen LogP contribution in [0.2, 0.25) is 0 Å². The molecule has 0 aromatic heterocycles. The Morgan fingerprint density at radius 2 is 2.08 bits per heavy atom. The maximum Gasteiger partial charge on any atom is 0.160 e. The highest BCUT2D eigenvalue weighted by Crippen LogP contribution is 2.62. The number of ether oxygens (including phenoxy) is 1. The van der Waals surface area contributed by atoms with E-state index in [2.05, 4.69) is 6.92 Å². The summed E-state index contributed by atoms with van der Waals surface area (Å²) in [6.07, 6.45) is 4.69. The topological polar surface area (TPSA) is 69.9 Å². The fraction of sp³-hybridized carbons (Fsp3) is 0.700. The molecule has 3 aliphatic rings. The van der Waals surface area contributed by atoms with Crippen LogP contribution in [0.1, 0.15) is 49.7 Å². The predicted molar refractivity (Wildman–Crippen MR) is 91.2 cm³/mol. The Hall–Kier alpha value is -1.26. The third-order valence-corrected chi connectivity index (χ3v) is 7.38. The Bertz CT molecular complexity index is 643. The van der Waals surface area contributed by atoms with Crippen molar-refractivity contribution in [3.05, 3.63) is 23.3 Å². The van der Waals surface area contributed by atoms with E-state index >= 15 is 0 Å². The monoisotopic (exact) mass is 332 g/mol. The van der Waals surface area contributed by atoms with Crippen LogP contribution in [-0.4, -0.2) is 35.1 Å². The molecule has 0 aliphatic heterocycles. The van der Waals surface area contributed by atoms with Crippen LogP contribution in [0.5, 0.6) is 11.5 Å². The molecule has 0 radical (unpaired) electrons. The van der Waals surface area contributed by atoms with Gasteiger partial charge < -0.3 is 20.1 Å². The fourth-order valence-electron chi connectivity index (χ4n) is 6.08. The smallest absolute Gasteiger partial charge is 0.160 e. The number of methoxy groups -OCH3 is 1. The zero-order valence-electron chi connectivity index (χ0n) is 14.5. The molecule has 2 saturated carbocycles. The third-order valence-electron chi connectivity index (χ3n) is 7.38. The minimum atomic E-state index is -0.385. The lowest BCUT2D eigenvalue weighted by atomic mass is 9.55. The second kappa shape index (κ2) is 5.63. The molecule has 132 valence electrons. The van der Waals surface area contributed by atoms with Gasteiger partial charge >= 0.3 is 0 Å². The number of hydrogen-bond acceptors (Lipinski definition) is 4. The van der Waals surface area contributed by atoms with E-state index < -0.39 is 0 Å². The second-order valence-corrected chi connectivity index (χ2v) is 8.31. The largest absolute Gasteiger partial charge is 0.504 e. The molecule has 0 bridgehead atoms. The summed E-state index contributed by atoms with van der Waals surface area (Å²) in [7, 11) is 1.60. The van der Waals surface area contributed by atoms with Crippen molar-refractivity contribution in [3.63, 3.8) is 0 Å². The van der Waals surface area contributed by atoms with Gasteiger partial charge in [0.2, 0.25) is 0 Å². The minimum absolute atomic E-state index is 0.0227. The number of rotatable bonds is 2. The van der Waals surface area contributed by atoms with Gasteiger partial charge in [0.05, 0.1) is 13.2 Å². The van der Waals surface area contributed by atoms with Gasteiger partial charge in [0.25, 0.3) is 0 Å². The van der Waals surface area contributed by atoms with Gasteiger partial charge in [0.1, 0.15) is 0 Å². The van der Waals surface area contributed by atoms with Gasteiger partial charge in [0.15, 0.2) is 11.5 Å². The first kappa shape index (κ1) is 16.2. The Labute approximate surface area is 143 Å². The predicted octanol–water partition coefficient (Wildman–Crippen LogP) is 2.84. The number of phenolic OH excluding ortho intramolecular Hbond substituents is 1. The summed E-state index contributed by atoms with van der Waals surface area (Å²) < 4.78 is 5.33. The highest BCUT2D eigenvalue weighted by molar-refractivity contribution is 5.49. The van der Waals surface area contributed by atoms with Crippen LogP contribution >= 0.6 is 0 Å². The van der Waals surface area contributed by atoms with Crippen LogP contribution < -0.4 is 4.74 Å². The molecular formula is C20H28O4. The lowest BCUT2D eigenvalue weighted by Gasteiger charge is -2.50. The summed E-state index contributed by atoms with van der Waals surface area (Å²) in [5, 5.41) is 30.4. The number of phenols is 1. The first-order chi connectivity index (χ1) is 11.5. The molecule has 3 aliphatic carbocycles. The summed E-state index contributed by atoms with van der Waals surface area (Å²) >= 11 is 0. The number of benzene rings is 1. The highest BCUT2D eigenvalue weighted by Gasteiger charge is 2.57. The summed E-state index contributed by atoms with van der Waals surface area (Å²) in [6.45, 7) is 2.31. The van der Waals surface area contributed by atoms with Gasteiger partial charge in [-0.05, 0) is 78.5 Å². The normalized spacial score (nSPS) is 40.6. The average Bonchev–Trinajstić information content (AvgIpc) is 2.85. The SMILES string of the molecule is COc1cc2c(cc1O)CC[C@@H]1[C@@H]2CC[C@]2(C)[C@@H](O)[C@@H](CO)C[C@@H]12. The molecule has 0 unspecified atom stereocenters. The molecule has 0 spiro atoms. The molecule has 0 saturated heterocycles. The summed E-state index contributed by atoms with van der Waals surface area (Å²) in [6, 6.07) is 3.90. The van der Waals surface area contributed by atoms with E-state index in [1.807, 2.05) is 12.1 Å². The number of hydrogen-bond donors (Lipinski definition) is 3. The van der Waals surface area contributed by atoms with Gasteiger partial charge in [-0.1, -0.05) is 6.92 Å². The van der Waals surface area contributed by atoms with E-state index in [1.165, 1.54) is 11.1 Å². The van der Waals surface area contributed by atoms with Crippen molar-refractivity contribution in [2.45, 2.75) is 51.0 Å². The Balaban J connectivity index is 1.70. The van der Waals surface area contributed by atoms with Crippen LogP contribution in [0.25, 0.3) is 0 Å². The van der Waals surface area contributed by atoms with E-state index in [0.717, 1.165) is 32.1 Å². The molecule has 0 heterocycles. The second-order valence-electron chi connectivity index (χ2n) is 8.31. The van der Waals surface area contributed by atoms with Crippen molar-refractivity contribution in [1.82, 2.24) is 0 Å². The summed E-state index contributed by atoms with van der Waals surface area (Å²) in [5.41, 5.74) is 2.51. The highest BCUT2D eigenvalue weighted by atomic mass is 16.5. The number of fused-ring (bicyclic) bond motifs is 5.